The number of amides is 2. The third-order valence-corrected chi connectivity index (χ3v) is 8.43. The number of carbonyl (C=O) groups excluding carboxylic acids is 2. The van der Waals surface area contributed by atoms with Crippen molar-refractivity contribution >= 4 is 18.0 Å². The summed E-state index contributed by atoms with van der Waals surface area (Å²) in [6.45, 7) is 4.10. The van der Waals surface area contributed by atoms with Crippen molar-refractivity contribution in [1.82, 2.24) is 10.2 Å². The number of carboxylic acids is 1. The van der Waals surface area contributed by atoms with Gasteiger partial charge in [0.15, 0.2) is 0 Å². The number of aliphatic carboxylic acids is 1. The molecule has 2 fully saturated rings. The van der Waals surface area contributed by atoms with Gasteiger partial charge in [-0.1, -0.05) is 55.0 Å². The van der Waals surface area contributed by atoms with Gasteiger partial charge in [0.1, 0.15) is 12.1 Å². The maximum atomic E-state index is 13.6. The lowest BCUT2D eigenvalue weighted by atomic mass is 9.82. The van der Waals surface area contributed by atoms with Gasteiger partial charge in [0, 0.05) is 18.5 Å². The first-order valence-corrected chi connectivity index (χ1v) is 12.4. The molecule has 2 aromatic carbocycles. The minimum atomic E-state index is -1.20. The molecule has 7 nitrogen and oxygen atoms in total. The van der Waals surface area contributed by atoms with Crippen molar-refractivity contribution in [3.05, 3.63) is 59.7 Å². The van der Waals surface area contributed by atoms with E-state index in [2.05, 4.69) is 29.6 Å². The highest BCUT2D eigenvalue weighted by Gasteiger charge is 2.54. The Morgan fingerprint density at radius 2 is 1.63 bits per heavy atom. The zero-order valence-electron chi connectivity index (χ0n) is 20.3. The van der Waals surface area contributed by atoms with Crippen LogP contribution in [0.4, 0.5) is 4.79 Å². The van der Waals surface area contributed by atoms with Crippen LogP contribution in [0.5, 0.6) is 0 Å². The van der Waals surface area contributed by atoms with E-state index in [0.29, 0.717) is 32.2 Å². The second-order valence-corrected chi connectivity index (χ2v) is 10.5. The van der Waals surface area contributed by atoms with Crippen molar-refractivity contribution in [2.24, 2.45) is 5.41 Å². The Kier molecular flexibility index (Phi) is 5.82. The molecule has 35 heavy (non-hydrogen) atoms. The van der Waals surface area contributed by atoms with Crippen molar-refractivity contribution in [3.63, 3.8) is 0 Å². The summed E-state index contributed by atoms with van der Waals surface area (Å²) in [5, 5.41) is 12.7. The van der Waals surface area contributed by atoms with Gasteiger partial charge in [-0.05, 0) is 61.8 Å². The number of nitrogens with one attached hydrogen (secondary N) is 1. The number of benzene rings is 2. The SMILES string of the molecule is CC1(C(=O)N2CCC[C@@]2(C)C(=O)O)CCCC1NC(=O)OCC1c2ccccc2-c2ccccc21. The lowest BCUT2D eigenvalue weighted by Gasteiger charge is -2.39. The van der Waals surface area contributed by atoms with E-state index >= 15 is 0 Å². The van der Waals surface area contributed by atoms with Gasteiger partial charge in [-0.3, -0.25) is 4.79 Å². The van der Waals surface area contributed by atoms with Crippen LogP contribution in [0.25, 0.3) is 11.1 Å². The summed E-state index contributed by atoms with van der Waals surface area (Å²) in [4.78, 5) is 39.9. The van der Waals surface area contributed by atoms with Crippen LogP contribution in [0.1, 0.15) is 63.0 Å². The summed E-state index contributed by atoms with van der Waals surface area (Å²) >= 11 is 0. The van der Waals surface area contributed by atoms with Crippen LogP contribution >= 0.6 is 0 Å². The van der Waals surface area contributed by atoms with Crippen LogP contribution in [0, 0.1) is 5.41 Å². The average molecular weight is 477 g/mol. The van der Waals surface area contributed by atoms with E-state index in [-0.39, 0.29) is 18.4 Å². The van der Waals surface area contributed by atoms with Gasteiger partial charge in [-0.2, -0.15) is 0 Å². The first kappa shape index (κ1) is 23.4. The number of carbonyl (C=O) groups is 3. The molecule has 1 heterocycles. The van der Waals surface area contributed by atoms with E-state index in [0.717, 1.165) is 28.7 Å². The molecule has 2 amide bonds. The molecule has 2 N–H and O–H groups in total. The molecule has 3 aliphatic rings. The van der Waals surface area contributed by atoms with Crippen LogP contribution in [-0.4, -0.2) is 52.7 Å². The number of hydrogen-bond donors (Lipinski definition) is 2. The smallest absolute Gasteiger partial charge is 0.407 e. The molecule has 0 spiro atoms. The number of rotatable bonds is 5. The number of fused-ring (bicyclic) bond motifs is 3. The highest BCUT2D eigenvalue weighted by Crippen LogP contribution is 2.45. The second kappa shape index (κ2) is 8.70. The van der Waals surface area contributed by atoms with Gasteiger partial charge in [0.05, 0.1) is 5.41 Å². The number of hydrogen-bond acceptors (Lipinski definition) is 4. The molecule has 1 saturated carbocycles. The maximum absolute atomic E-state index is 13.6. The zero-order chi connectivity index (χ0) is 24.8. The normalized spacial score (nSPS) is 27.4. The standard InChI is InChI=1S/C28H32N2O5/c1-27(24(31)30-16-8-15-28(30,2)25(32)33)14-7-13-23(27)29-26(34)35-17-22-20-11-5-3-9-18(20)19-10-4-6-12-21(19)22/h3-6,9-12,22-23H,7-8,13-17H2,1-2H3,(H,29,34)(H,32,33)/t23?,27?,28-/m0/s1. The average Bonchev–Trinajstić information content (AvgIpc) is 3.52. The van der Waals surface area contributed by atoms with Crippen molar-refractivity contribution in [1.29, 1.82) is 0 Å². The molecule has 3 atom stereocenters. The highest BCUT2D eigenvalue weighted by molar-refractivity contribution is 5.91. The molecule has 1 aliphatic heterocycles. The quantitative estimate of drug-likeness (QED) is 0.660. The largest absolute Gasteiger partial charge is 0.480 e. The third kappa shape index (κ3) is 3.77. The minimum Gasteiger partial charge on any atom is -0.480 e. The lowest BCUT2D eigenvalue weighted by molar-refractivity contribution is -0.160. The Bertz CT molecular complexity index is 1130. The first-order valence-electron chi connectivity index (χ1n) is 12.4. The predicted octanol–water partition coefficient (Wildman–Crippen LogP) is 4.55. The molecule has 184 valence electrons. The van der Waals surface area contributed by atoms with Crippen molar-refractivity contribution < 1.29 is 24.2 Å². The van der Waals surface area contributed by atoms with E-state index in [1.807, 2.05) is 31.2 Å². The number of nitrogens with zero attached hydrogens (tertiary/aromatic N) is 1. The second-order valence-electron chi connectivity index (χ2n) is 10.5. The maximum Gasteiger partial charge on any atom is 0.407 e. The zero-order valence-corrected chi connectivity index (χ0v) is 20.3. The minimum absolute atomic E-state index is 0.0365. The van der Waals surface area contributed by atoms with E-state index in [1.54, 1.807) is 6.92 Å². The Labute approximate surface area is 205 Å². The monoisotopic (exact) mass is 476 g/mol. The Hall–Kier alpha value is -3.35. The van der Waals surface area contributed by atoms with Crippen molar-refractivity contribution in [3.8, 4) is 11.1 Å². The van der Waals surface area contributed by atoms with E-state index < -0.39 is 29.1 Å². The van der Waals surface area contributed by atoms with E-state index in [4.69, 9.17) is 4.74 Å². The van der Waals surface area contributed by atoms with Crippen LogP contribution in [-0.2, 0) is 14.3 Å². The summed E-state index contributed by atoms with van der Waals surface area (Å²) in [5.74, 6) is -1.21. The third-order valence-electron chi connectivity index (χ3n) is 8.43. The topological polar surface area (TPSA) is 95.9 Å². The molecular formula is C28H32N2O5. The fourth-order valence-electron chi connectivity index (χ4n) is 6.26. The van der Waals surface area contributed by atoms with Crippen molar-refractivity contribution in [2.45, 2.75) is 63.5 Å². The molecule has 1 saturated heterocycles. The molecule has 7 heteroatoms. The number of alkyl carbamates (subject to hydrolysis) is 1. The fraction of sp³-hybridized carbons (Fsp3) is 0.464. The molecule has 2 unspecified atom stereocenters. The summed E-state index contributed by atoms with van der Waals surface area (Å²) < 4.78 is 5.71. The van der Waals surface area contributed by atoms with Crippen molar-refractivity contribution in [2.75, 3.05) is 13.2 Å². The summed E-state index contributed by atoms with van der Waals surface area (Å²) in [6.07, 6.45) is 2.61. The van der Waals surface area contributed by atoms with Crippen LogP contribution in [0.3, 0.4) is 0 Å². The van der Waals surface area contributed by atoms with Gasteiger partial charge >= 0.3 is 12.1 Å². The molecule has 0 bridgehead atoms. The summed E-state index contributed by atoms with van der Waals surface area (Å²) in [7, 11) is 0. The number of ether oxygens (including phenoxy) is 1. The molecule has 0 aromatic heterocycles. The molecule has 0 radical (unpaired) electrons. The Morgan fingerprint density at radius 3 is 2.26 bits per heavy atom. The fourth-order valence-corrected chi connectivity index (χ4v) is 6.26. The lowest BCUT2D eigenvalue weighted by Crippen LogP contribution is -2.58. The van der Waals surface area contributed by atoms with E-state index in [9.17, 15) is 19.5 Å². The van der Waals surface area contributed by atoms with Gasteiger partial charge in [-0.15, -0.1) is 0 Å². The van der Waals surface area contributed by atoms with Gasteiger partial charge < -0.3 is 20.1 Å². The molecule has 5 rings (SSSR count). The molecular weight excluding hydrogens is 444 g/mol. The van der Waals surface area contributed by atoms with Gasteiger partial charge in [0.25, 0.3) is 0 Å². The summed E-state index contributed by atoms with van der Waals surface area (Å²) in [6, 6.07) is 15.9. The van der Waals surface area contributed by atoms with E-state index in [1.165, 1.54) is 4.90 Å². The predicted molar refractivity (Wildman–Crippen MR) is 131 cm³/mol. The molecule has 2 aromatic rings. The van der Waals surface area contributed by atoms with Crippen LogP contribution < -0.4 is 5.32 Å². The van der Waals surface area contributed by atoms with Crippen LogP contribution in [0.2, 0.25) is 0 Å². The first-order chi connectivity index (χ1) is 16.8. The molecule has 2 aliphatic carbocycles. The van der Waals surface area contributed by atoms with Gasteiger partial charge in [-0.25, -0.2) is 9.59 Å². The van der Waals surface area contributed by atoms with Gasteiger partial charge in [0.2, 0.25) is 5.91 Å². The van der Waals surface area contributed by atoms with Crippen LogP contribution in [0.15, 0.2) is 48.5 Å². The number of carboxylic acid groups (broad SMARTS) is 1. The number of likely N-dealkylation sites (tertiary alicyclic amines) is 1. The highest BCUT2D eigenvalue weighted by atomic mass is 16.5. The summed E-state index contributed by atoms with van der Waals surface area (Å²) in [5.41, 5.74) is 2.56. The Morgan fingerprint density at radius 1 is 1.00 bits per heavy atom. The Balaban J connectivity index is 1.27.